The fourth-order valence-electron chi connectivity index (χ4n) is 2.00. The molecule has 0 unspecified atom stereocenters. The van der Waals surface area contributed by atoms with Crippen LogP contribution in [0.1, 0.15) is 25.5 Å². The summed E-state index contributed by atoms with van der Waals surface area (Å²) in [6.45, 7) is 4.22. The van der Waals surface area contributed by atoms with Crippen LogP contribution in [0.2, 0.25) is 0 Å². The van der Waals surface area contributed by atoms with E-state index in [1.54, 1.807) is 6.33 Å². The molecule has 1 aromatic carbocycles. The summed E-state index contributed by atoms with van der Waals surface area (Å²) >= 11 is 0. The number of nitrogens with one attached hydrogen (secondary N) is 2. The maximum absolute atomic E-state index is 4.32. The van der Waals surface area contributed by atoms with Crippen LogP contribution in [0.15, 0.2) is 36.7 Å². The number of aromatic amines is 1. The van der Waals surface area contributed by atoms with Gasteiger partial charge < -0.3 is 5.32 Å². The van der Waals surface area contributed by atoms with Gasteiger partial charge in [-0.1, -0.05) is 32.0 Å². The Labute approximate surface area is 111 Å². The predicted molar refractivity (Wildman–Crippen MR) is 75.5 cm³/mol. The highest BCUT2D eigenvalue weighted by molar-refractivity contribution is 5.88. The number of hydrogen-bond acceptors (Lipinski definition) is 4. The van der Waals surface area contributed by atoms with Gasteiger partial charge in [-0.05, 0) is 18.1 Å². The fraction of sp³-hybridized carbons (Fsp3) is 0.214. The van der Waals surface area contributed by atoms with Gasteiger partial charge in [-0.2, -0.15) is 5.10 Å². The molecule has 0 spiro atoms. The lowest BCUT2D eigenvalue weighted by Crippen LogP contribution is -1.96. The number of nitrogens with zero attached hydrogens (tertiary/aromatic N) is 3. The minimum Gasteiger partial charge on any atom is -0.338 e. The minimum absolute atomic E-state index is 0.351. The van der Waals surface area contributed by atoms with Crippen LogP contribution in [0.25, 0.3) is 11.0 Å². The van der Waals surface area contributed by atoms with Crippen molar-refractivity contribution >= 4 is 22.5 Å². The van der Waals surface area contributed by atoms with Crippen LogP contribution in [0.5, 0.6) is 0 Å². The molecular weight excluding hydrogens is 238 g/mol. The second kappa shape index (κ2) is 4.68. The van der Waals surface area contributed by atoms with E-state index in [0.29, 0.717) is 5.92 Å². The summed E-state index contributed by atoms with van der Waals surface area (Å²) in [7, 11) is 0. The van der Waals surface area contributed by atoms with Gasteiger partial charge in [-0.25, -0.2) is 9.97 Å². The molecule has 96 valence electrons. The van der Waals surface area contributed by atoms with Gasteiger partial charge in [-0.3, -0.25) is 5.10 Å². The van der Waals surface area contributed by atoms with E-state index in [-0.39, 0.29) is 0 Å². The van der Waals surface area contributed by atoms with Crippen LogP contribution >= 0.6 is 0 Å². The van der Waals surface area contributed by atoms with E-state index in [1.807, 2.05) is 30.3 Å². The molecule has 0 saturated heterocycles. The van der Waals surface area contributed by atoms with Gasteiger partial charge in [0.2, 0.25) is 0 Å². The summed E-state index contributed by atoms with van der Waals surface area (Å²) < 4.78 is 0. The summed E-state index contributed by atoms with van der Waals surface area (Å²) in [6.07, 6.45) is 1.56. The number of para-hydroxylation sites is 1. The summed E-state index contributed by atoms with van der Waals surface area (Å²) in [5, 5.41) is 10.6. The van der Waals surface area contributed by atoms with Crippen molar-refractivity contribution in [2.24, 2.45) is 0 Å². The smallest absolute Gasteiger partial charge is 0.162 e. The second-order valence-electron chi connectivity index (χ2n) is 4.70. The first-order valence-electron chi connectivity index (χ1n) is 6.26. The van der Waals surface area contributed by atoms with E-state index >= 15 is 0 Å². The second-order valence-corrected chi connectivity index (χ2v) is 4.70. The zero-order chi connectivity index (χ0) is 13.2. The summed E-state index contributed by atoms with van der Waals surface area (Å²) in [6, 6.07) is 9.91. The molecule has 2 heterocycles. The molecule has 3 rings (SSSR count). The molecular formula is C14H15N5. The van der Waals surface area contributed by atoms with Crippen molar-refractivity contribution in [2.75, 3.05) is 5.32 Å². The molecule has 0 aliphatic heterocycles. The maximum atomic E-state index is 4.32. The predicted octanol–water partition coefficient (Wildman–Crippen LogP) is 3.22. The van der Waals surface area contributed by atoms with Gasteiger partial charge in [0.1, 0.15) is 11.8 Å². The quantitative estimate of drug-likeness (QED) is 0.752. The van der Waals surface area contributed by atoms with Crippen molar-refractivity contribution < 1.29 is 0 Å². The zero-order valence-corrected chi connectivity index (χ0v) is 10.9. The van der Waals surface area contributed by atoms with Crippen molar-refractivity contribution in [2.45, 2.75) is 19.8 Å². The Kier molecular flexibility index (Phi) is 2.87. The highest BCUT2D eigenvalue weighted by Crippen LogP contribution is 2.26. The number of H-pyrrole nitrogens is 1. The van der Waals surface area contributed by atoms with E-state index in [9.17, 15) is 0 Å². The van der Waals surface area contributed by atoms with E-state index in [4.69, 9.17) is 0 Å². The highest BCUT2D eigenvalue weighted by atomic mass is 15.2. The van der Waals surface area contributed by atoms with E-state index in [1.165, 1.54) is 0 Å². The summed E-state index contributed by atoms with van der Waals surface area (Å²) in [5.74, 6) is 1.07. The minimum atomic E-state index is 0.351. The topological polar surface area (TPSA) is 66.5 Å². The lowest BCUT2D eigenvalue weighted by Gasteiger charge is -2.05. The van der Waals surface area contributed by atoms with Crippen LogP contribution in [0.3, 0.4) is 0 Å². The third-order valence-electron chi connectivity index (χ3n) is 2.98. The van der Waals surface area contributed by atoms with Gasteiger partial charge in [0, 0.05) is 5.69 Å². The molecule has 5 heteroatoms. The average molecular weight is 253 g/mol. The molecule has 0 bridgehead atoms. The lowest BCUT2D eigenvalue weighted by molar-refractivity contribution is 0.815. The molecule has 0 atom stereocenters. The van der Waals surface area contributed by atoms with Crippen LogP contribution in [0, 0.1) is 0 Å². The number of fused-ring (bicyclic) bond motifs is 1. The number of anilines is 2. The molecule has 0 aliphatic rings. The third kappa shape index (κ3) is 2.14. The number of rotatable bonds is 3. The Bertz CT molecular complexity index is 687. The molecule has 0 fully saturated rings. The van der Waals surface area contributed by atoms with Gasteiger partial charge in [0.15, 0.2) is 11.3 Å². The largest absolute Gasteiger partial charge is 0.338 e. The summed E-state index contributed by atoms with van der Waals surface area (Å²) in [5.41, 5.74) is 3.67. The maximum Gasteiger partial charge on any atom is 0.162 e. The Morgan fingerprint density at radius 3 is 2.58 bits per heavy atom. The standard InChI is InChI=1S/C14H15N5/c1-9(2)11-12-13(19-18-11)14(16-8-15-12)17-10-6-4-3-5-7-10/h3-9H,1-2H3,(H,18,19)(H,15,16,17). The van der Waals surface area contributed by atoms with Crippen molar-refractivity contribution in [3.05, 3.63) is 42.4 Å². The van der Waals surface area contributed by atoms with Crippen LogP contribution in [0.4, 0.5) is 11.5 Å². The third-order valence-corrected chi connectivity index (χ3v) is 2.98. The Balaban J connectivity index is 2.05. The Morgan fingerprint density at radius 1 is 1.05 bits per heavy atom. The first kappa shape index (κ1) is 11.6. The highest BCUT2D eigenvalue weighted by Gasteiger charge is 2.13. The first-order chi connectivity index (χ1) is 9.25. The van der Waals surface area contributed by atoms with Crippen LogP contribution < -0.4 is 5.32 Å². The molecule has 0 saturated carbocycles. The fourth-order valence-corrected chi connectivity index (χ4v) is 2.00. The monoisotopic (exact) mass is 253 g/mol. The van der Waals surface area contributed by atoms with E-state index in [0.717, 1.165) is 28.2 Å². The first-order valence-corrected chi connectivity index (χ1v) is 6.26. The SMILES string of the molecule is CC(C)c1[nH]nc2c(Nc3ccccc3)ncnc12. The zero-order valence-electron chi connectivity index (χ0n) is 10.9. The molecule has 0 radical (unpaired) electrons. The lowest BCUT2D eigenvalue weighted by atomic mass is 10.1. The number of hydrogen-bond donors (Lipinski definition) is 2. The van der Waals surface area contributed by atoms with Crippen molar-refractivity contribution in [1.29, 1.82) is 0 Å². The van der Waals surface area contributed by atoms with Gasteiger partial charge >= 0.3 is 0 Å². The van der Waals surface area contributed by atoms with Crippen molar-refractivity contribution in [3.8, 4) is 0 Å². The molecule has 5 nitrogen and oxygen atoms in total. The molecule has 19 heavy (non-hydrogen) atoms. The van der Waals surface area contributed by atoms with Crippen molar-refractivity contribution in [3.63, 3.8) is 0 Å². The normalized spacial score (nSPS) is 11.1. The van der Waals surface area contributed by atoms with Gasteiger partial charge in [0.25, 0.3) is 0 Å². The van der Waals surface area contributed by atoms with E-state index in [2.05, 4.69) is 39.3 Å². The molecule has 0 amide bonds. The van der Waals surface area contributed by atoms with E-state index < -0.39 is 0 Å². The number of aromatic nitrogens is 4. The van der Waals surface area contributed by atoms with Gasteiger partial charge in [-0.15, -0.1) is 0 Å². The van der Waals surface area contributed by atoms with Gasteiger partial charge in [0.05, 0.1) is 5.69 Å². The van der Waals surface area contributed by atoms with Crippen molar-refractivity contribution in [1.82, 2.24) is 20.2 Å². The number of benzene rings is 1. The van der Waals surface area contributed by atoms with Crippen LogP contribution in [-0.2, 0) is 0 Å². The summed E-state index contributed by atoms with van der Waals surface area (Å²) in [4.78, 5) is 8.59. The Morgan fingerprint density at radius 2 is 1.84 bits per heavy atom. The molecule has 3 aromatic rings. The Hall–Kier alpha value is -2.43. The molecule has 0 aliphatic carbocycles. The molecule has 2 aromatic heterocycles. The van der Waals surface area contributed by atoms with Crippen LogP contribution in [-0.4, -0.2) is 20.2 Å². The molecule has 2 N–H and O–H groups in total. The average Bonchev–Trinajstić information content (AvgIpc) is 2.85.